The number of ether oxygens (including phenoxy) is 1. The van der Waals surface area contributed by atoms with Crippen molar-refractivity contribution in [2.75, 3.05) is 7.11 Å². The lowest BCUT2D eigenvalue weighted by molar-refractivity contribution is -0.220. The number of hydrogen-bond donors (Lipinski definition) is 0. The predicted octanol–water partition coefficient (Wildman–Crippen LogP) is 9.95. The topological polar surface area (TPSA) is 53.7 Å². The van der Waals surface area contributed by atoms with Crippen molar-refractivity contribution in [2.24, 2.45) is 56.7 Å². The molecule has 0 aromatic heterocycles. The van der Waals surface area contributed by atoms with Gasteiger partial charge in [-0.2, -0.15) is 0 Å². The molecule has 6 rings (SSSR count). The first-order valence-electron chi connectivity index (χ1n) is 16.4. The lowest BCUT2D eigenvalue weighted by atomic mass is 9.32. The zero-order chi connectivity index (χ0) is 30.3. The van der Waals surface area contributed by atoms with Crippen LogP contribution in [0.2, 0.25) is 0 Å². The van der Waals surface area contributed by atoms with Crippen molar-refractivity contribution >= 4 is 11.5 Å². The molecule has 0 aliphatic heterocycles. The highest BCUT2D eigenvalue weighted by molar-refractivity contribution is 5.89. The fraction of sp³-hybridized carbons (Fsp3) is 0.684. The maximum atomic E-state index is 12.0. The summed E-state index contributed by atoms with van der Waals surface area (Å²) in [6.07, 6.45) is 13.0. The predicted molar refractivity (Wildman–Crippen MR) is 171 cm³/mol. The summed E-state index contributed by atoms with van der Waals surface area (Å²) in [4.78, 5) is 12.0. The Morgan fingerprint density at radius 2 is 1.67 bits per heavy atom. The van der Waals surface area contributed by atoms with Gasteiger partial charge >= 0.3 is 12.0 Å². The summed E-state index contributed by atoms with van der Waals surface area (Å²) in [6.45, 7) is 19.5. The van der Waals surface area contributed by atoms with Crippen LogP contribution in [0.4, 0.5) is 0 Å². The summed E-state index contributed by atoms with van der Waals surface area (Å²) >= 11 is 0. The fourth-order valence-electron chi connectivity index (χ4n) is 12.4. The van der Waals surface area contributed by atoms with Gasteiger partial charge in [-0.1, -0.05) is 65.0 Å². The van der Waals surface area contributed by atoms with Crippen LogP contribution in [0.3, 0.4) is 0 Å². The maximum Gasteiger partial charge on any atom is 0.337 e. The van der Waals surface area contributed by atoms with E-state index in [4.69, 9.17) is 4.74 Å². The number of fused-ring (bicyclic) bond motifs is 7. The molecule has 42 heavy (non-hydrogen) atoms. The smallest absolute Gasteiger partial charge is 0.337 e. The number of carbonyl (C=O) groups excluding carboxylic acids is 1. The number of esters is 1. The molecule has 4 heteroatoms. The second-order valence-electron chi connectivity index (χ2n) is 16.2. The van der Waals surface area contributed by atoms with Crippen molar-refractivity contribution in [3.63, 3.8) is 0 Å². The molecule has 5 aliphatic carbocycles. The number of nitrogens with zero attached hydrogens (tertiary/aromatic N) is 1. The molecule has 0 amide bonds. The second kappa shape index (κ2) is 9.73. The van der Waals surface area contributed by atoms with Gasteiger partial charge < -0.3 is 9.94 Å². The number of hydrogen-bond acceptors (Lipinski definition) is 3. The summed E-state index contributed by atoms with van der Waals surface area (Å²) < 4.78 is 4.93. The second-order valence-corrected chi connectivity index (χ2v) is 16.2. The third-order valence-electron chi connectivity index (χ3n) is 14.5. The molecular weight excluding hydrogens is 518 g/mol. The van der Waals surface area contributed by atoms with E-state index in [0.717, 1.165) is 25.7 Å². The Bertz CT molecular complexity index is 1380. The highest BCUT2D eigenvalue weighted by Crippen LogP contribution is 2.77. The van der Waals surface area contributed by atoms with E-state index in [1.165, 1.54) is 55.9 Å². The Morgan fingerprint density at radius 3 is 2.31 bits per heavy atom. The van der Waals surface area contributed by atoms with E-state index in [9.17, 15) is 10.0 Å². The molecule has 0 heterocycles. The minimum Gasteiger partial charge on any atom is -0.498 e. The fourth-order valence-corrected chi connectivity index (χ4v) is 12.4. The molecule has 5 aliphatic rings. The van der Waals surface area contributed by atoms with Crippen LogP contribution in [0.25, 0.3) is 10.6 Å². The van der Waals surface area contributed by atoms with E-state index in [1.54, 1.807) is 0 Å². The van der Waals surface area contributed by atoms with E-state index in [0.29, 0.717) is 35.2 Å². The Morgan fingerprint density at radius 1 is 0.952 bits per heavy atom. The highest BCUT2D eigenvalue weighted by atomic mass is 16.5. The molecule has 4 saturated carbocycles. The number of methoxy groups -OCH3 is 1. The van der Waals surface area contributed by atoms with E-state index in [1.807, 2.05) is 12.1 Å². The van der Waals surface area contributed by atoms with Gasteiger partial charge in [-0.3, -0.25) is 0 Å². The lowest BCUT2D eigenvalue weighted by Crippen LogP contribution is -2.65. The largest absolute Gasteiger partial charge is 0.498 e. The van der Waals surface area contributed by atoms with Crippen molar-refractivity contribution in [2.45, 2.75) is 99.3 Å². The first kappa shape index (κ1) is 29.5. The van der Waals surface area contributed by atoms with Gasteiger partial charge in [-0.05, 0) is 139 Å². The van der Waals surface area contributed by atoms with E-state index >= 15 is 0 Å². The van der Waals surface area contributed by atoms with Gasteiger partial charge in [0.15, 0.2) is 0 Å². The van der Waals surface area contributed by atoms with Gasteiger partial charge in [0.05, 0.1) is 12.7 Å². The number of carbonyl (C=O) groups is 1. The molecular formula is C38H51NO3. The molecule has 0 bridgehead atoms. The summed E-state index contributed by atoms with van der Waals surface area (Å²) in [6, 6.07) is 11.2. The van der Waals surface area contributed by atoms with Crippen LogP contribution in [0.5, 0.6) is 0 Å². The van der Waals surface area contributed by atoms with Gasteiger partial charge in [-0.15, -0.1) is 0 Å². The van der Waals surface area contributed by atoms with E-state index < -0.39 is 0 Å². The SMILES string of the molecule is C=C(C)[C@@H]1CC[C@]2(C#[N+][O-])CC[C@]3(C)[C@H](CC[C@@H]4[C@@]5(C)CC=C(c6ccc(C(=O)OC)cc6)C(C)(C)[C@@H]5CC[C@]43C)[C@@H]12. The molecule has 0 unspecified atom stereocenters. The zero-order valence-corrected chi connectivity index (χ0v) is 27.0. The summed E-state index contributed by atoms with van der Waals surface area (Å²) in [7, 11) is 1.43. The molecule has 0 saturated heterocycles. The molecule has 0 spiro atoms. The Hall–Kier alpha value is -2.54. The van der Waals surface area contributed by atoms with Crippen LogP contribution in [-0.2, 0) is 4.74 Å². The first-order valence-corrected chi connectivity index (χ1v) is 16.4. The Labute approximate surface area is 253 Å². The zero-order valence-electron chi connectivity index (χ0n) is 27.0. The first-order chi connectivity index (χ1) is 19.8. The minimum atomic E-state index is -0.285. The van der Waals surface area contributed by atoms with Gasteiger partial charge in [0.2, 0.25) is 0 Å². The van der Waals surface area contributed by atoms with Crippen LogP contribution in [0.15, 0.2) is 42.5 Å². The van der Waals surface area contributed by atoms with Crippen LogP contribution in [0, 0.1) is 67.9 Å². The molecule has 4 nitrogen and oxygen atoms in total. The average molecular weight is 570 g/mol. The van der Waals surface area contributed by atoms with Crippen molar-refractivity contribution in [3.8, 4) is 6.07 Å². The van der Waals surface area contributed by atoms with Crippen molar-refractivity contribution in [1.29, 1.82) is 0 Å². The van der Waals surface area contributed by atoms with Crippen molar-refractivity contribution < 1.29 is 9.53 Å². The number of rotatable bonds is 3. The third kappa shape index (κ3) is 3.80. The van der Waals surface area contributed by atoms with Crippen LogP contribution >= 0.6 is 0 Å². The van der Waals surface area contributed by atoms with Crippen LogP contribution in [-0.4, -0.2) is 13.1 Å². The molecule has 9 atom stereocenters. The number of allylic oxidation sites excluding steroid dienone is 3. The summed E-state index contributed by atoms with van der Waals surface area (Å²) in [5, 5.41) is 15.0. The molecule has 1 aromatic rings. The summed E-state index contributed by atoms with van der Waals surface area (Å²) in [5.74, 6) is 2.48. The standard InChI is InChI=1S/C38H51NO3/c1-24(2)27-15-20-38(23-39-41)22-21-36(6)29(32(27)38)13-14-31-35(5)18-16-28(25-9-11-26(12-10-25)33(40)42-8)34(3,4)30(35)17-19-37(31,36)7/h9-12,16,27,29-32H,1,13-15,17-22H2,2-8H3/t27-,29+,30-,31+,32+,35-,36+,37+,38+/m0/s1. The Kier molecular flexibility index (Phi) is 6.84. The molecule has 226 valence electrons. The van der Waals surface area contributed by atoms with Crippen molar-refractivity contribution in [1.82, 2.24) is 0 Å². The van der Waals surface area contributed by atoms with Gasteiger partial charge in [0, 0.05) is 5.01 Å². The van der Waals surface area contributed by atoms with Crippen LogP contribution in [0.1, 0.15) is 115 Å². The molecule has 0 radical (unpaired) electrons. The summed E-state index contributed by atoms with van der Waals surface area (Å²) in [5.41, 5.74) is 5.15. The van der Waals surface area contributed by atoms with Gasteiger partial charge in [0.1, 0.15) is 5.41 Å². The normalized spacial score (nSPS) is 43.3. The van der Waals surface area contributed by atoms with Crippen LogP contribution < -0.4 is 0 Å². The quantitative estimate of drug-likeness (QED) is 0.207. The molecule has 0 N–H and O–H groups in total. The monoisotopic (exact) mass is 569 g/mol. The lowest BCUT2D eigenvalue weighted by Gasteiger charge is -2.72. The minimum absolute atomic E-state index is 0.0383. The molecule has 1 aromatic carbocycles. The third-order valence-corrected chi connectivity index (χ3v) is 14.5. The van der Waals surface area contributed by atoms with E-state index in [2.05, 4.69) is 77.4 Å². The highest BCUT2D eigenvalue weighted by Gasteiger charge is 2.71. The average Bonchev–Trinajstić information content (AvgIpc) is 3.33. The van der Waals surface area contributed by atoms with Gasteiger partial charge in [0.25, 0.3) is 0 Å². The molecule has 4 fully saturated rings. The van der Waals surface area contributed by atoms with Crippen molar-refractivity contribution in [3.05, 3.63) is 63.8 Å². The Balaban J connectivity index is 1.36. The van der Waals surface area contributed by atoms with E-state index in [-0.39, 0.29) is 33.0 Å². The maximum absolute atomic E-state index is 12.0. The van der Waals surface area contributed by atoms with Gasteiger partial charge in [-0.25, -0.2) is 4.79 Å². The number of benzene rings is 1.